The van der Waals surface area contributed by atoms with Crippen LogP contribution in [0.15, 0.2) is 29.2 Å². The molecule has 1 aliphatic heterocycles. The summed E-state index contributed by atoms with van der Waals surface area (Å²) >= 11 is 0. The molecule has 4 nitrogen and oxygen atoms in total. The van der Waals surface area contributed by atoms with Crippen molar-refractivity contribution in [2.75, 3.05) is 19.6 Å². The summed E-state index contributed by atoms with van der Waals surface area (Å²) in [6, 6.07) is 7.32. The van der Waals surface area contributed by atoms with E-state index in [-0.39, 0.29) is 6.04 Å². The number of likely N-dealkylation sites (N-methyl/N-ethyl adjacent to an activating group) is 1. The maximum absolute atomic E-state index is 12.9. The lowest BCUT2D eigenvalue weighted by atomic mass is 10.1. The first-order valence-corrected chi connectivity index (χ1v) is 8.79. The van der Waals surface area contributed by atoms with Crippen LogP contribution < -0.4 is 5.32 Å². The van der Waals surface area contributed by atoms with Crippen LogP contribution in [-0.2, 0) is 10.0 Å². The third kappa shape index (κ3) is 3.22. The van der Waals surface area contributed by atoms with Gasteiger partial charge in [0.1, 0.15) is 0 Å². The molecule has 0 bridgehead atoms. The number of sulfonamides is 1. The number of benzene rings is 1. The third-order valence-corrected chi connectivity index (χ3v) is 6.00. The van der Waals surface area contributed by atoms with E-state index in [0.29, 0.717) is 11.4 Å². The van der Waals surface area contributed by atoms with E-state index in [2.05, 4.69) is 5.32 Å². The van der Waals surface area contributed by atoms with Crippen molar-refractivity contribution in [3.8, 4) is 0 Å². The minimum absolute atomic E-state index is 0.0771. The molecule has 1 aromatic carbocycles. The molecule has 0 radical (unpaired) electrons. The van der Waals surface area contributed by atoms with Gasteiger partial charge in [-0.25, -0.2) is 8.42 Å². The lowest BCUT2D eigenvalue weighted by Crippen LogP contribution is -2.48. The molecule has 0 spiro atoms. The minimum atomic E-state index is -3.38. The standard InChI is InChI=1S/C15H24N2O2S/c1-3-16-12-14-9-6-7-11-17(14)20(18,19)15-10-5-4-8-13(15)2/h4-5,8,10,14,16H,3,6-7,9,11-12H2,1-2H3. The van der Waals surface area contributed by atoms with Gasteiger partial charge in [0.2, 0.25) is 10.0 Å². The molecule has 1 fully saturated rings. The Morgan fingerprint density at radius 1 is 1.30 bits per heavy atom. The molecule has 20 heavy (non-hydrogen) atoms. The lowest BCUT2D eigenvalue weighted by Gasteiger charge is -2.35. The van der Waals surface area contributed by atoms with Crippen molar-refractivity contribution in [1.29, 1.82) is 0 Å². The van der Waals surface area contributed by atoms with Crippen LogP contribution in [0.25, 0.3) is 0 Å². The summed E-state index contributed by atoms with van der Waals surface area (Å²) in [5, 5.41) is 3.28. The predicted molar refractivity (Wildman–Crippen MR) is 81.3 cm³/mol. The number of nitrogens with one attached hydrogen (secondary N) is 1. The second-order valence-electron chi connectivity index (χ2n) is 5.34. The Bertz CT molecular complexity index is 543. The summed E-state index contributed by atoms with van der Waals surface area (Å²) in [7, 11) is -3.38. The zero-order valence-corrected chi connectivity index (χ0v) is 13.1. The first kappa shape index (κ1) is 15.5. The van der Waals surface area contributed by atoms with Gasteiger partial charge in [-0.1, -0.05) is 31.5 Å². The highest BCUT2D eigenvalue weighted by molar-refractivity contribution is 7.89. The first-order chi connectivity index (χ1) is 9.57. The van der Waals surface area contributed by atoms with Crippen LogP contribution in [0.5, 0.6) is 0 Å². The van der Waals surface area contributed by atoms with Crippen LogP contribution >= 0.6 is 0 Å². The van der Waals surface area contributed by atoms with E-state index in [1.165, 1.54) is 0 Å². The Balaban J connectivity index is 2.28. The van der Waals surface area contributed by atoms with Gasteiger partial charge >= 0.3 is 0 Å². The fraction of sp³-hybridized carbons (Fsp3) is 0.600. The van der Waals surface area contributed by atoms with Crippen LogP contribution in [0.1, 0.15) is 31.7 Å². The minimum Gasteiger partial charge on any atom is -0.315 e. The van der Waals surface area contributed by atoms with Gasteiger partial charge in [0.15, 0.2) is 0 Å². The van der Waals surface area contributed by atoms with E-state index in [4.69, 9.17) is 0 Å². The summed E-state index contributed by atoms with van der Waals surface area (Å²) < 4.78 is 27.5. The molecule has 1 saturated heterocycles. The van der Waals surface area contributed by atoms with Gasteiger partial charge in [0.25, 0.3) is 0 Å². The Morgan fingerprint density at radius 3 is 2.75 bits per heavy atom. The lowest BCUT2D eigenvalue weighted by molar-refractivity contribution is 0.246. The van der Waals surface area contributed by atoms with Gasteiger partial charge in [-0.2, -0.15) is 4.31 Å². The number of aryl methyl sites for hydroxylation is 1. The van der Waals surface area contributed by atoms with Crippen molar-refractivity contribution < 1.29 is 8.42 Å². The van der Waals surface area contributed by atoms with E-state index in [0.717, 1.165) is 37.9 Å². The van der Waals surface area contributed by atoms with Crippen molar-refractivity contribution >= 4 is 10.0 Å². The molecule has 0 aromatic heterocycles. The van der Waals surface area contributed by atoms with Crippen LogP contribution in [0.2, 0.25) is 0 Å². The second-order valence-corrected chi connectivity index (χ2v) is 7.20. The molecule has 112 valence electrons. The molecule has 1 aliphatic rings. The van der Waals surface area contributed by atoms with Crippen LogP contribution in [-0.4, -0.2) is 38.4 Å². The number of rotatable bonds is 5. The SMILES string of the molecule is CCNCC1CCCCN1S(=O)(=O)c1ccccc1C. The first-order valence-electron chi connectivity index (χ1n) is 7.35. The molecular formula is C15H24N2O2S. The maximum Gasteiger partial charge on any atom is 0.243 e. The third-order valence-electron chi connectivity index (χ3n) is 3.88. The fourth-order valence-corrected chi connectivity index (χ4v) is 4.70. The smallest absolute Gasteiger partial charge is 0.243 e. The van der Waals surface area contributed by atoms with Crippen LogP contribution in [0.4, 0.5) is 0 Å². The zero-order chi connectivity index (χ0) is 14.6. The number of hydrogen-bond acceptors (Lipinski definition) is 3. The largest absolute Gasteiger partial charge is 0.315 e. The normalized spacial score (nSPS) is 21.0. The zero-order valence-electron chi connectivity index (χ0n) is 12.3. The Labute approximate surface area is 122 Å². The summed E-state index contributed by atoms with van der Waals surface area (Å²) in [6.45, 7) is 6.14. The number of hydrogen-bond donors (Lipinski definition) is 1. The Kier molecular flexibility index (Phi) is 5.18. The molecule has 0 saturated carbocycles. The summed E-state index contributed by atoms with van der Waals surface area (Å²) in [5.41, 5.74) is 0.820. The molecule has 1 aromatic rings. The van der Waals surface area contributed by atoms with Gasteiger partial charge in [-0.3, -0.25) is 0 Å². The summed E-state index contributed by atoms with van der Waals surface area (Å²) in [4.78, 5) is 0.448. The highest BCUT2D eigenvalue weighted by Gasteiger charge is 2.33. The van der Waals surface area contributed by atoms with Crippen LogP contribution in [0.3, 0.4) is 0 Å². The van der Waals surface area contributed by atoms with Crippen molar-refractivity contribution in [1.82, 2.24) is 9.62 Å². The average Bonchev–Trinajstić information content (AvgIpc) is 2.45. The summed E-state index contributed by atoms with van der Waals surface area (Å²) in [5.74, 6) is 0. The van der Waals surface area contributed by atoms with Gasteiger partial charge in [0, 0.05) is 19.1 Å². The summed E-state index contributed by atoms with van der Waals surface area (Å²) in [6.07, 6.45) is 3.00. The monoisotopic (exact) mass is 296 g/mol. The van der Waals surface area contributed by atoms with Gasteiger partial charge < -0.3 is 5.32 Å². The molecule has 1 unspecified atom stereocenters. The number of piperidine rings is 1. The molecule has 1 atom stereocenters. The van der Waals surface area contributed by atoms with Crippen molar-refractivity contribution in [2.45, 2.75) is 44.0 Å². The molecule has 1 N–H and O–H groups in total. The highest BCUT2D eigenvalue weighted by atomic mass is 32.2. The van der Waals surface area contributed by atoms with Crippen molar-refractivity contribution in [3.05, 3.63) is 29.8 Å². The molecule has 1 heterocycles. The van der Waals surface area contributed by atoms with Crippen molar-refractivity contribution in [2.24, 2.45) is 0 Å². The van der Waals surface area contributed by atoms with E-state index < -0.39 is 10.0 Å². The molecular weight excluding hydrogens is 272 g/mol. The number of nitrogens with zero attached hydrogens (tertiary/aromatic N) is 1. The topological polar surface area (TPSA) is 49.4 Å². The van der Waals surface area contributed by atoms with Gasteiger partial charge in [0.05, 0.1) is 4.90 Å². The average molecular weight is 296 g/mol. The maximum atomic E-state index is 12.9. The van der Waals surface area contributed by atoms with E-state index >= 15 is 0 Å². The van der Waals surface area contributed by atoms with E-state index in [1.54, 1.807) is 16.4 Å². The predicted octanol–water partition coefficient (Wildman–Crippen LogP) is 2.15. The Morgan fingerprint density at radius 2 is 2.05 bits per heavy atom. The quantitative estimate of drug-likeness (QED) is 0.906. The molecule has 0 amide bonds. The highest BCUT2D eigenvalue weighted by Crippen LogP contribution is 2.26. The van der Waals surface area contributed by atoms with E-state index in [1.807, 2.05) is 26.0 Å². The fourth-order valence-electron chi connectivity index (χ4n) is 2.78. The Hall–Kier alpha value is -0.910. The molecule has 5 heteroatoms. The van der Waals surface area contributed by atoms with Gasteiger partial charge in [-0.05, 0) is 37.9 Å². The van der Waals surface area contributed by atoms with Crippen LogP contribution in [0, 0.1) is 6.92 Å². The molecule has 2 rings (SSSR count). The van der Waals surface area contributed by atoms with E-state index in [9.17, 15) is 8.42 Å². The van der Waals surface area contributed by atoms with Gasteiger partial charge in [-0.15, -0.1) is 0 Å². The van der Waals surface area contributed by atoms with Crippen molar-refractivity contribution in [3.63, 3.8) is 0 Å². The molecule has 0 aliphatic carbocycles. The second kappa shape index (κ2) is 6.70.